The number of hydrogen-bond acceptors (Lipinski definition) is 7. The van der Waals surface area contributed by atoms with Gasteiger partial charge in [-0.15, -0.1) is 0 Å². The topological polar surface area (TPSA) is 120 Å². The first-order valence-electron chi connectivity index (χ1n) is 11.1. The quantitative estimate of drug-likeness (QED) is 0.206. The maximum Gasteiger partial charge on any atom is 0.228 e. The fraction of sp³-hybridized carbons (Fsp3) is 0.520. The van der Waals surface area contributed by atoms with Crippen LogP contribution in [0.5, 0.6) is 5.75 Å². The van der Waals surface area contributed by atoms with Crippen molar-refractivity contribution in [2.45, 2.75) is 71.0 Å². The molecule has 1 aromatic carbocycles. The summed E-state index contributed by atoms with van der Waals surface area (Å²) < 4.78 is 11.2. The van der Waals surface area contributed by atoms with Crippen LogP contribution in [0.4, 0.5) is 0 Å². The molecule has 1 aliphatic rings. The second-order valence-electron chi connectivity index (χ2n) is 8.57. The number of benzene rings is 1. The van der Waals surface area contributed by atoms with Crippen molar-refractivity contribution in [1.82, 2.24) is 0 Å². The SMILES string of the molecule is C=C/C=C\C=C(/C)O[C@H]1OC(CCP(O)Cc2ccccc2O)[C@@H](O)C(O)C1O.CC(C)C. The Balaban J connectivity index is 0.00000125. The van der Waals surface area contributed by atoms with E-state index in [4.69, 9.17) is 9.47 Å². The third-order valence-electron chi connectivity index (χ3n) is 4.56. The molecule has 33 heavy (non-hydrogen) atoms. The Morgan fingerprint density at radius 3 is 2.36 bits per heavy atom. The molecule has 0 spiro atoms. The Labute approximate surface area is 198 Å². The molecule has 7 nitrogen and oxygen atoms in total. The minimum Gasteiger partial charge on any atom is -0.508 e. The summed E-state index contributed by atoms with van der Waals surface area (Å²) in [5.74, 6) is 1.42. The van der Waals surface area contributed by atoms with Crippen molar-refractivity contribution in [3.05, 3.63) is 66.5 Å². The lowest BCUT2D eigenvalue weighted by Gasteiger charge is -2.40. The minimum absolute atomic E-state index is 0.128. The number of phenolic OH excluding ortho intramolecular Hbond substituents is 1. The van der Waals surface area contributed by atoms with Crippen molar-refractivity contribution in [2.75, 3.05) is 6.16 Å². The largest absolute Gasteiger partial charge is 0.508 e. The van der Waals surface area contributed by atoms with Crippen LogP contribution in [-0.4, -0.2) is 62.2 Å². The fourth-order valence-corrected chi connectivity index (χ4v) is 4.31. The molecule has 0 amide bonds. The number of allylic oxidation sites excluding steroid dienone is 5. The predicted molar refractivity (Wildman–Crippen MR) is 132 cm³/mol. The van der Waals surface area contributed by atoms with Crippen LogP contribution in [0.1, 0.15) is 39.7 Å². The molecular weight excluding hydrogens is 443 g/mol. The van der Waals surface area contributed by atoms with E-state index in [-0.39, 0.29) is 12.2 Å². The van der Waals surface area contributed by atoms with Crippen molar-refractivity contribution in [1.29, 1.82) is 0 Å². The van der Waals surface area contributed by atoms with Crippen LogP contribution >= 0.6 is 8.15 Å². The maximum absolute atomic E-state index is 10.3. The van der Waals surface area contributed by atoms with Gasteiger partial charge in [-0.2, -0.15) is 0 Å². The van der Waals surface area contributed by atoms with Gasteiger partial charge in [0, 0.05) is 19.9 Å². The molecule has 4 unspecified atom stereocenters. The number of para-hydroxylation sites is 1. The molecule has 2 rings (SSSR count). The van der Waals surface area contributed by atoms with Gasteiger partial charge < -0.3 is 34.8 Å². The molecule has 5 N–H and O–H groups in total. The zero-order chi connectivity index (χ0) is 25.0. The van der Waals surface area contributed by atoms with E-state index < -0.39 is 38.9 Å². The first kappa shape index (κ1) is 29.3. The lowest BCUT2D eigenvalue weighted by atomic mass is 9.97. The number of aliphatic hydroxyl groups excluding tert-OH is 3. The molecule has 1 saturated heterocycles. The molecule has 0 aromatic heterocycles. The smallest absolute Gasteiger partial charge is 0.228 e. The fourth-order valence-electron chi connectivity index (χ4n) is 2.94. The standard InChI is InChI=1S/C21H29O7P.C4H10/c1-3-4-5-8-14(2)27-21-20(25)19(24)18(23)17(28-21)11-12-29(26)13-15-9-6-7-10-16(15)22;1-4(2)3/h3-10,17-26H,1,11-13H2,2H3;4H,1-3H3/b5-4-,14-8+;/t17?,18-,19?,20?,21+,29?;/m1./s1. The zero-order valence-corrected chi connectivity index (χ0v) is 20.8. The Morgan fingerprint density at radius 1 is 1.12 bits per heavy atom. The Morgan fingerprint density at radius 2 is 1.76 bits per heavy atom. The summed E-state index contributed by atoms with van der Waals surface area (Å²) >= 11 is 0. The maximum atomic E-state index is 10.3. The summed E-state index contributed by atoms with van der Waals surface area (Å²) in [7, 11) is -1.45. The Bertz CT molecular complexity index is 762. The Hall–Kier alpha value is -1.73. The van der Waals surface area contributed by atoms with Crippen LogP contribution in [-0.2, 0) is 15.6 Å². The van der Waals surface area contributed by atoms with Gasteiger partial charge in [0.1, 0.15) is 24.1 Å². The highest BCUT2D eigenvalue weighted by Crippen LogP contribution is 2.39. The molecule has 1 aliphatic heterocycles. The number of rotatable bonds is 9. The van der Waals surface area contributed by atoms with Gasteiger partial charge in [-0.25, -0.2) is 0 Å². The third-order valence-corrected chi connectivity index (χ3v) is 6.05. The molecule has 0 aliphatic carbocycles. The van der Waals surface area contributed by atoms with Crippen molar-refractivity contribution in [3.8, 4) is 5.75 Å². The number of hydrogen-bond donors (Lipinski definition) is 5. The number of phenols is 1. The lowest BCUT2D eigenvalue weighted by Crippen LogP contribution is -2.58. The van der Waals surface area contributed by atoms with Gasteiger partial charge in [0.25, 0.3) is 0 Å². The van der Waals surface area contributed by atoms with Crippen LogP contribution in [0.2, 0.25) is 0 Å². The van der Waals surface area contributed by atoms with Crippen molar-refractivity contribution in [2.24, 2.45) is 5.92 Å². The average Bonchev–Trinajstić information content (AvgIpc) is 2.74. The highest BCUT2D eigenvalue weighted by molar-refractivity contribution is 7.50. The Kier molecular flexibility index (Phi) is 13.5. The van der Waals surface area contributed by atoms with Crippen LogP contribution in [0.15, 0.2) is 60.9 Å². The van der Waals surface area contributed by atoms with Crippen LogP contribution in [0, 0.1) is 5.92 Å². The van der Waals surface area contributed by atoms with Crippen LogP contribution in [0.25, 0.3) is 0 Å². The predicted octanol–water partition coefficient (Wildman–Crippen LogP) is 3.80. The van der Waals surface area contributed by atoms with E-state index in [0.717, 1.165) is 5.92 Å². The van der Waals surface area contributed by atoms with Gasteiger partial charge in [0.05, 0.1) is 11.9 Å². The summed E-state index contributed by atoms with van der Waals surface area (Å²) in [5, 5.41) is 40.4. The third kappa shape index (κ3) is 10.8. The van der Waals surface area contributed by atoms with Gasteiger partial charge in [-0.05, 0) is 37.6 Å². The summed E-state index contributed by atoms with van der Waals surface area (Å²) in [6.07, 6.45) is 1.49. The lowest BCUT2D eigenvalue weighted by molar-refractivity contribution is -0.286. The van der Waals surface area contributed by atoms with Crippen LogP contribution < -0.4 is 0 Å². The molecule has 1 fully saturated rings. The summed E-state index contributed by atoms with van der Waals surface area (Å²) in [6.45, 7) is 11.7. The van der Waals surface area contributed by atoms with Gasteiger partial charge in [0.2, 0.25) is 6.29 Å². The number of ether oxygens (including phenoxy) is 2. The highest BCUT2D eigenvalue weighted by atomic mass is 31.1. The average molecular weight is 483 g/mol. The van der Waals surface area contributed by atoms with Crippen LogP contribution in [0.3, 0.4) is 0 Å². The summed E-state index contributed by atoms with van der Waals surface area (Å²) in [5.41, 5.74) is 0.649. The van der Waals surface area contributed by atoms with E-state index in [1.165, 1.54) is 0 Å². The van der Waals surface area contributed by atoms with E-state index in [1.807, 2.05) is 0 Å². The van der Waals surface area contributed by atoms with E-state index in [2.05, 4.69) is 27.4 Å². The van der Waals surface area contributed by atoms with E-state index >= 15 is 0 Å². The molecule has 6 atom stereocenters. The molecule has 0 radical (unpaired) electrons. The first-order chi connectivity index (χ1) is 15.6. The monoisotopic (exact) mass is 482 g/mol. The molecule has 0 bridgehead atoms. The molecular formula is C25H39O7P. The van der Waals surface area contributed by atoms with E-state index in [0.29, 0.717) is 23.6 Å². The second-order valence-corrected chi connectivity index (χ2v) is 10.3. The molecule has 186 valence electrons. The first-order valence-corrected chi connectivity index (χ1v) is 12.8. The van der Waals surface area contributed by atoms with Crippen molar-refractivity contribution >= 4 is 8.15 Å². The van der Waals surface area contributed by atoms with Gasteiger partial charge in [-0.3, -0.25) is 0 Å². The molecule has 0 saturated carbocycles. The van der Waals surface area contributed by atoms with Crippen molar-refractivity contribution < 1.29 is 34.8 Å². The molecule has 8 heteroatoms. The second kappa shape index (κ2) is 15.2. The highest BCUT2D eigenvalue weighted by Gasteiger charge is 2.44. The van der Waals surface area contributed by atoms with E-state index in [1.54, 1.807) is 55.5 Å². The van der Waals surface area contributed by atoms with Gasteiger partial charge >= 0.3 is 0 Å². The summed E-state index contributed by atoms with van der Waals surface area (Å²) in [6, 6.07) is 6.80. The number of aliphatic hydroxyl groups is 3. The normalized spacial score (nSPS) is 26.6. The number of aromatic hydroxyl groups is 1. The van der Waals surface area contributed by atoms with E-state index in [9.17, 15) is 25.3 Å². The molecule has 1 heterocycles. The van der Waals surface area contributed by atoms with Crippen molar-refractivity contribution in [3.63, 3.8) is 0 Å². The zero-order valence-electron chi connectivity index (χ0n) is 19.9. The summed E-state index contributed by atoms with van der Waals surface area (Å²) in [4.78, 5) is 10.3. The van der Waals surface area contributed by atoms with Gasteiger partial charge in [0.15, 0.2) is 0 Å². The minimum atomic E-state index is -1.45. The van der Waals surface area contributed by atoms with Gasteiger partial charge in [-0.1, -0.05) is 63.8 Å². The molecule has 1 aromatic rings.